The van der Waals surface area contributed by atoms with Gasteiger partial charge in [0.2, 0.25) is 0 Å². The topological polar surface area (TPSA) is 26.3 Å². The fraction of sp³-hybridized carbons (Fsp3) is 0.167. The van der Waals surface area contributed by atoms with Crippen molar-refractivity contribution in [2.75, 3.05) is 0 Å². The Morgan fingerprint density at radius 1 is 0.421 bits per heavy atom. The molecule has 188 valence electrons. The molecule has 0 N–H and O–H groups in total. The zero-order chi connectivity index (χ0) is 26.6. The Morgan fingerprint density at radius 3 is 1.18 bits per heavy atom. The largest absolute Gasteiger partial charge is 0.456 e. The second kappa shape index (κ2) is 9.22. The zero-order valence-electron chi connectivity index (χ0n) is 22.9. The normalized spacial score (nSPS) is 11.4. The summed E-state index contributed by atoms with van der Waals surface area (Å²) in [4.78, 5) is 0. The molecule has 0 bridgehead atoms. The Bertz CT molecular complexity index is 1650. The number of benzene rings is 4. The molecule has 0 aliphatic heterocycles. The lowest BCUT2D eigenvalue weighted by molar-refractivity contribution is 0.596. The number of aryl methyl sites for hydroxylation is 6. The van der Waals surface area contributed by atoms with Gasteiger partial charge < -0.3 is 8.83 Å². The first kappa shape index (κ1) is 24.1. The summed E-state index contributed by atoms with van der Waals surface area (Å²) in [5.41, 5.74) is 11.9. The zero-order valence-corrected chi connectivity index (χ0v) is 22.9. The van der Waals surface area contributed by atoms with Crippen LogP contribution in [0.15, 0.2) is 93.8 Å². The summed E-state index contributed by atoms with van der Waals surface area (Å²) in [6, 6.07) is 30.0. The maximum atomic E-state index is 6.54. The van der Waals surface area contributed by atoms with Gasteiger partial charge in [-0.2, -0.15) is 0 Å². The molecule has 2 aromatic heterocycles. The first-order valence-electron chi connectivity index (χ1n) is 13.2. The SMILES string of the molecule is Cc1cc(C)c(-c2ccc(-c3cccc4cccc(-c5ccc(-c6c(C)cc(C)cc6C)o5)c34)o2)c(C)c1. The predicted molar refractivity (Wildman–Crippen MR) is 159 cm³/mol. The van der Waals surface area contributed by atoms with Crippen LogP contribution in [0.3, 0.4) is 0 Å². The first-order chi connectivity index (χ1) is 18.3. The van der Waals surface area contributed by atoms with Crippen molar-refractivity contribution < 1.29 is 8.83 Å². The van der Waals surface area contributed by atoms with E-state index in [9.17, 15) is 0 Å². The standard InChI is InChI=1S/C36H32O2/c1-21-17-23(3)34(24(4)18-21)32-15-13-30(37-32)28-11-7-9-27-10-8-12-29(36(27)28)31-14-16-33(38-31)35-25(5)19-22(2)20-26(35)6/h7-20H,1-6H3. The third-order valence-corrected chi connectivity index (χ3v) is 7.49. The summed E-state index contributed by atoms with van der Waals surface area (Å²) >= 11 is 0. The Labute approximate surface area is 224 Å². The van der Waals surface area contributed by atoms with Gasteiger partial charge in [-0.25, -0.2) is 0 Å². The van der Waals surface area contributed by atoms with E-state index in [0.29, 0.717) is 0 Å². The fourth-order valence-electron chi connectivity index (χ4n) is 6.12. The minimum atomic E-state index is 0.856. The Morgan fingerprint density at radius 2 is 0.789 bits per heavy atom. The van der Waals surface area contributed by atoms with Crippen LogP contribution < -0.4 is 0 Å². The van der Waals surface area contributed by atoms with Crippen LogP contribution in [0.4, 0.5) is 0 Å². The van der Waals surface area contributed by atoms with Crippen LogP contribution in [0, 0.1) is 41.5 Å². The van der Waals surface area contributed by atoms with E-state index < -0.39 is 0 Å². The van der Waals surface area contributed by atoms with Crippen molar-refractivity contribution in [3.8, 4) is 45.3 Å². The Hall–Kier alpha value is -4.30. The molecule has 6 aromatic rings. The molecule has 2 nitrogen and oxygen atoms in total. The van der Waals surface area contributed by atoms with E-state index >= 15 is 0 Å². The van der Waals surface area contributed by atoms with Crippen LogP contribution in [0.2, 0.25) is 0 Å². The van der Waals surface area contributed by atoms with Crippen molar-refractivity contribution in [3.05, 3.63) is 118 Å². The van der Waals surface area contributed by atoms with Gasteiger partial charge in [0.1, 0.15) is 23.0 Å². The van der Waals surface area contributed by atoms with E-state index in [1.165, 1.54) is 44.5 Å². The van der Waals surface area contributed by atoms with Crippen molar-refractivity contribution in [3.63, 3.8) is 0 Å². The maximum absolute atomic E-state index is 6.54. The number of hydrogen-bond donors (Lipinski definition) is 0. The molecule has 2 heterocycles. The molecular weight excluding hydrogens is 464 g/mol. The smallest absolute Gasteiger partial charge is 0.135 e. The van der Waals surface area contributed by atoms with Crippen molar-refractivity contribution in [1.29, 1.82) is 0 Å². The number of furan rings is 2. The van der Waals surface area contributed by atoms with Gasteiger partial charge in [-0.05, 0) is 93.4 Å². The van der Waals surface area contributed by atoms with E-state index in [1.54, 1.807) is 0 Å². The average molecular weight is 497 g/mol. The van der Waals surface area contributed by atoms with E-state index in [-0.39, 0.29) is 0 Å². The van der Waals surface area contributed by atoms with E-state index in [0.717, 1.165) is 44.9 Å². The second-order valence-electron chi connectivity index (χ2n) is 10.6. The van der Waals surface area contributed by atoms with Gasteiger partial charge in [0, 0.05) is 27.6 Å². The third-order valence-electron chi connectivity index (χ3n) is 7.49. The predicted octanol–water partition coefficient (Wildman–Crippen LogP) is 10.5. The Kier molecular flexibility index (Phi) is 5.84. The molecule has 0 spiro atoms. The van der Waals surface area contributed by atoms with Crippen LogP contribution in [-0.4, -0.2) is 0 Å². The number of fused-ring (bicyclic) bond motifs is 1. The summed E-state index contributed by atoms with van der Waals surface area (Å²) in [6.07, 6.45) is 0. The van der Waals surface area contributed by atoms with Gasteiger partial charge in [-0.15, -0.1) is 0 Å². The van der Waals surface area contributed by atoms with Crippen LogP contribution in [0.25, 0.3) is 56.1 Å². The summed E-state index contributed by atoms with van der Waals surface area (Å²) in [7, 11) is 0. The number of rotatable bonds is 4. The van der Waals surface area contributed by atoms with Gasteiger partial charge in [0.25, 0.3) is 0 Å². The van der Waals surface area contributed by atoms with Crippen molar-refractivity contribution in [2.24, 2.45) is 0 Å². The second-order valence-corrected chi connectivity index (χ2v) is 10.6. The molecule has 0 saturated carbocycles. The average Bonchev–Trinajstić information content (AvgIpc) is 3.53. The minimum Gasteiger partial charge on any atom is -0.456 e. The van der Waals surface area contributed by atoms with Gasteiger partial charge in [0.05, 0.1) is 0 Å². The van der Waals surface area contributed by atoms with Crippen molar-refractivity contribution >= 4 is 10.8 Å². The monoisotopic (exact) mass is 496 g/mol. The summed E-state index contributed by atoms with van der Waals surface area (Å²) in [5, 5.41) is 2.28. The summed E-state index contributed by atoms with van der Waals surface area (Å²) in [5.74, 6) is 3.51. The molecule has 0 saturated heterocycles. The quantitative estimate of drug-likeness (QED) is 0.243. The lowest BCUT2D eigenvalue weighted by Gasteiger charge is -2.11. The molecule has 0 radical (unpaired) electrons. The number of hydrogen-bond acceptors (Lipinski definition) is 2. The lowest BCUT2D eigenvalue weighted by atomic mass is 9.96. The highest BCUT2D eigenvalue weighted by atomic mass is 16.3. The van der Waals surface area contributed by atoms with Gasteiger partial charge in [-0.3, -0.25) is 0 Å². The van der Waals surface area contributed by atoms with E-state index in [2.05, 4.69) is 126 Å². The lowest BCUT2D eigenvalue weighted by Crippen LogP contribution is -1.88. The molecule has 0 aliphatic carbocycles. The molecule has 2 heteroatoms. The molecule has 0 fully saturated rings. The summed E-state index contributed by atoms with van der Waals surface area (Å²) < 4.78 is 13.1. The van der Waals surface area contributed by atoms with Crippen LogP contribution >= 0.6 is 0 Å². The van der Waals surface area contributed by atoms with Gasteiger partial charge in [-0.1, -0.05) is 71.8 Å². The maximum Gasteiger partial charge on any atom is 0.135 e. The highest BCUT2D eigenvalue weighted by molar-refractivity contribution is 6.05. The molecule has 0 unspecified atom stereocenters. The molecule has 4 aromatic carbocycles. The molecule has 6 rings (SSSR count). The molecule has 0 aliphatic rings. The van der Waals surface area contributed by atoms with Crippen molar-refractivity contribution in [2.45, 2.75) is 41.5 Å². The molecule has 38 heavy (non-hydrogen) atoms. The molecule has 0 atom stereocenters. The van der Waals surface area contributed by atoms with Crippen LogP contribution in [0.5, 0.6) is 0 Å². The van der Waals surface area contributed by atoms with E-state index in [4.69, 9.17) is 8.83 Å². The third kappa shape index (κ3) is 4.07. The van der Waals surface area contributed by atoms with Gasteiger partial charge in [0.15, 0.2) is 0 Å². The highest BCUT2D eigenvalue weighted by Gasteiger charge is 2.18. The highest BCUT2D eigenvalue weighted by Crippen LogP contribution is 2.41. The fourth-order valence-corrected chi connectivity index (χ4v) is 6.12. The minimum absolute atomic E-state index is 0.856. The Balaban J connectivity index is 1.49. The first-order valence-corrected chi connectivity index (χ1v) is 13.2. The molecule has 0 amide bonds. The molecular formula is C36H32O2. The van der Waals surface area contributed by atoms with Gasteiger partial charge >= 0.3 is 0 Å². The van der Waals surface area contributed by atoms with Crippen molar-refractivity contribution in [1.82, 2.24) is 0 Å². The van der Waals surface area contributed by atoms with Crippen LogP contribution in [-0.2, 0) is 0 Å². The summed E-state index contributed by atoms with van der Waals surface area (Å²) in [6.45, 7) is 12.9. The van der Waals surface area contributed by atoms with E-state index in [1.807, 2.05) is 0 Å². The van der Waals surface area contributed by atoms with Crippen LogP contribution in [0.1, 0.15) is 33.4 Å².